The Bertz CT molecular complexity index is 668. The molecule has 0 spiro atoms. The summed E-state index contributed by atoms with van der Waals surface area (Å²) in [5.74, 6) is 0.359. The second kappa shape index (κ2) is 5.85. The molecule has 2 aliphatic heterocycles. The molecule has 2 heterocycles. The lowest BCUT2D eigenvalue weighted by Gasteiger charge is -2.26. The molecule has 0 bridgehead atoms. The smallest absolute Gasteiger partial charge is 0.330 e. The third kappa shape index (κ3) is 2.80. The first-order valence-electron chi connectivity index (χ1n) is 6.77. The number of benzene rings is 1. The highest BCUT2D eigenvalue weighted by Gasteiger charge is 2.43. The van der Waals surface area contributed by atoms with Gasteiger partial charge in [-0.3, -0.25) is 4.79 Å². The minimum atomic E-state index is -1.18. The largest absolute Gasteiger partial charge is 0.488 e. The standard InChI is InChI=1S/C15H14ClNO4S/c16-11-1-2-12-9(6-11)5-10(7-21-12)13(18)17-15(14(19)20)3-4-22-8-15/h1-2,5-6H,3-4,7-8H2,(H,17,18)(H,19,20). The Labute approximate surface area is 136 Å². The topological polar surface area (TPSA) is 75.6 Å². The number of carbonyl (C=O) groups is 2. The lowest BCUT2D eigenvalue weighted by Crippen LogP contribution is -2.55. The molecule has 3 rings (SSSR count). The fourth-order valence-corrected chi connectivity index (χ4v) is 3.97. The molecule has 1 fully saturated rings. The monoisotopic (exact) mass is 339 g/mol. The number of rotatable bonds is 3. The van der Waals surface area contributed by atoms with Crippen LogP contribution in [0.15, 0.2) is 23.8 Å². The SMILES string of the molecule is O=C(NC1(C(=O)O)CCSC1)C1=Cc2cc(Cl)ccc2OC1. The summed E-state index contributed by atoms with van der Waals surface area (Å²) in [7, 11) is 0. The van der Waals surface area contributed by atoms with E-state index in [0.29, 0.717) is 34.1 Å². The molecule has 0 aliphatic carbocycles. The first-order chi connectivity index (χ1) is 10.5. The number of carboxylic acid groups (broad SMARTS) is 1. The van der Waals surface area contributed by atoms with Crippen molar-refractivity contribution in [3.8, 4) is 5.75 Å². The van der Waals surface area contributed by atoms with Crippen molar-refractivity contribution >= 4 is 41.3 Å². The highest BCUT2D eigenvalue weighted by atomic mass is 35.5. The molecule has 0 saturated carbocycles. The quantitative estimate of drug-likeness (QED) is 0.883. The molecule has 1 saturated heterocycles. The van der Waals surface area contributed by atoms with E-state index < -0.39 is 17.4 Å². The van der Waals surface area contributed by atoms with Crippen molar-refractivity contribution in [1.82, 2.24) is 5.32 Å². The second-order valence-electron chi connectivity index (χ2n) is 5.28. The van der Waals surface area contributed by atoms with Crippen LogP contribution in [0.1, 0.15) is 12.0 Å². The number of halogens is 1. The van der Waals surface area contributed by atoms with Gasteiger partial charge in [-0.1, -0.05) is 11.6 Å². The number of fused-ring (bicyclic) bond motifs is 1. The molecule has 1 amide bonds. The number of nitrogens with one attached hydrogen (secondary N) is 1. The molecule has 5 nitrogen and oxygen atoms in total. The molecule has 2 aliphatic rings. The fraction of sp³-hybridized carbons (Fsp3) is 0.333. The van der Waals surface area contributed by atoms with E-state index in [1.807, 2.05) is 0 Å². The number of thioether (sulfide) groups is 1. The van der Waals surface area contributed by atoms with Crippen LogP contribution in [0.5, 0.6) is 5.75 Å². The van der Waals surface area contributed by atoms with Gasteiger partial charge < -0.3 is 15.2 Å². The summed E-state index contributed by atoms with van der Waals surface area (Å²) in [4.78, 5) is 23.9. The first-order valence-corrected chi connectivity index (χ1v) is 8.30. The van der Waals surface area contributed by atoms with Crippen molar-refractivity contribution in [1.29, 1.82) is 0 Å². The van der Waals surface area contributed by atoms with E-state index in [4.69, 9.17) is 16.3 Å². The van der Waals surface area contributed by atoms with Gasteiger partial charge in [0.25, 0.3) is 5.91 Å². The lowest BCUT2D eigenvalue weighted by atomic mass is 9.98. The van der Waals surface area contributed by atoms with Crippen LogP contribution < -0.4 is 10.1 Å². The van der Waals surface area contributed by atoms with Crippen LogP contribution in [0.3, 0.4) is 0 Å². The molecule has 7 heteroatoms. The predicted octanol–water partition coefficient (Wildman–Crippen LogP) is 2.19. The van der Waals surface area contributed by atoms with Crippen LogP contribution >= 0.6 is 23.4 Å². The van der Waals surface area contributed by atoms with Gasteiger partial charge in [0.05, 0.1) is 5.57 Å². The van der Waals surface area contributed by atoms with Crippen LogP contribution in [0, 0.1) is 0 Å². The highest BCUT2D eigenvalue weighted by Crippen LogP contribution is 2.31. The van der Waals surface area contributed by atoms with E-state index in [9.17, 15) is 14.7 Å². The molecule has 0 radical (unpaired) electrons. The second-order valence-corrected chi connectivity index (χ2v) is 6.83. The van der Waals surface area contributed by atoms with Crippen LogP contribution in [-0.2, 0) is 9.59 Å². The molecular formula is C15H14ClNO4S. The van der Waals surface area contributed by atoms with E-state index >= 15 is 0 Å². The number of amides is 1. The molecule has 0 aromatic heterocycles. The molecule has 22 heavy (non-hydrogen) atoms. The number of carbonyl (C=O) groups excluding carboxylic acids is 1. The molecule has 1 aromatic carbocycles. The van der Waals surface area contributed by atoms with E-state index in [0.717, 1.165) is 5.75 Å². The third-order valence-electron chi connectivity index (χ3n) is 3.76. The van der Waals surface area contributed by atoms with Crippen LogP contribution in [0.25, 0.3) is 6.08 Å². The Kier molecular flexibility index (Phi) is 4.06. The van der Waals surface area contributed by atoms with Crippen LogP contribution in [0.2, 0.25) is 5.02 Å². The zero-order valence-corrected chi connectivity index (χ0v) is 13.2. The Morgan fingerprint density at radius 3 is 2.91 bits per heavy atom. The Hall–Kier alpha value is -1.66. The van der Waals surface area contributed by atoms with Crippen molar-refractivity contribution in [2.24, 2.45) is 0 Å². The third-order valence-corrected chi connectivity index (χ3v) is 5.19. The van der Waals surface area contributed by atoms with Gasteiger partial charge in [0.1, 0.15) is 17.9 Å². The molecular weight excluding hydrogens is 326 g/mol. The zero-order valence-electron chi connectivity index (χ0n) is 11.6. The minimum absolute atomic E-state index is 0.114. The predicted molar refractivity (Wildman–Crippen MR) is 85.4 cm³/mol. The Morgan fingerprint density at radius 1 is 1.41 bits per heavy atom. The van der Waals surface area contributed by atoms with Crippen LogP contribution in [-0.4, -0.2) is 40.6 Å². The molecule has 116 valence electrons. The van der Waals surface area contributed by atoms with Gasteiger partial charge in [0.2, 0.25) is 0 Å². The van der Waals surface area contributed by atoms with Gasteiger partial charge in [-0.2, -0.15) is 11.8 Å². The van der Waals surface area contributed by atoms with E-state index in [1.54, 1.807) is 24.3 Å². The van der Waals surface area contributed by atoms with Crippen molar-refractivity contribution < 1.29 is 19.4 Å². The molecule has 2 N–H and O–H groups in total. The molecule has 1 atom stereocenters. The fourth-order valence-electron chi connectivity index (χ4n) is 2.46. The Morgan fingerprint density at radius 2 is 2.23 bits per heavy atom. The average molecular weight is 340 g/mol. The summed E-state index contributed by atoms with van der Waals surface area (Å²) in [6.07, 6.45) is 2.12. The average Bonchev–Trinajstić information content (AvgIpc) is 2.96. The molecule has 1 aromatic rings. The van der Waals surface area contributed by atoms with Crippen molar-refractivity contribution in [2.45, 2.75) is 12.0 Å². The van der Waals surface area contributed by atoms with E-state index in [2.05, 4.69) is 5.32 Å². The van der Waals surface area contributed by atoms with Gasteiger partial charge in [-0.25, -0.2) is 4.79 Å². The van der Waals surface area contributed by atoms with Crippen molar-refractivity contribution in [3.05, 3.63) is 34.4 Å². The minimum Gasteiger partial charge on any atom is -0.488 e. The number of carboxylic acids is 1. The number of ether oxygens (including phenoxy) is 1. The summed E-state index contributed by atoms with van der Waals surface area (Å²) in [6.45, 7) is 0.114. The van der Waals surface area contributed by atoms with Gasteiger partial charge in [-0.15, -0.1) is 0 Å². The van der Waals surface area contributed by atoms with Gasteiger partial charge >= 0.3 is 5.97 Å². The van der Waals surface area contributed by atoms with Gasteiger partial charge in [0, 0.05) is 16.3 Å². The summed E-state index contributed by atoms with van der Waals surface area (Å²) >= 11 is 7.46. The Balaban J connectivity index is 1.82. The van der Waals surface area contributed by atoms with E-state index in [1.165, 1.54) is 11.8 Å². The summed E-state index contributed by atoms with van der Waals surface area (Å²) in [5, 5.41) is 12.6. The van der Waals surface area contributed by atoms with Crippen LogP contribution in [0.4, 0.5) is 0 Å². The lowest BCUT2D eigenvalue weighted by molar-refractivity contribution is -0.145. The molecule has 1 unspecified atom stereocenters. The van der Waals surface area contributed by atoms with Crippen molar-refractivity contribution in [2.75, 3.05) is 18.1 Å². The van der Waals surface area contributed by atoms with Gasteiger partial charge in [-0.05, 0) is 36.4 Å². The van der Waals surface area contributed by atoms with Gasteiger partial charge in [0.15, 0.2) is 0 Å². The van der Waals surface area contributed by atoms with Crippen molar-refractivity contribution in [3.63, 3.8) is 0 Å². The normalized spacial score (nSPS) is 23.2. The number of aliphatic carboxylic acids is 1. The maximum Gasteiger partial charge on any atom is 0.330 e. The number of hydrogen-bond acceptors (Lipinski definition) is 4. The maximum absolute atomic E-state index is 12.4. The summed E-state index contributed by atoms with van der Waals surface area (Å²) in [5.41, 5.74) is -0.0710. The number of hydrogen-bond donors (Lipinski definition) is 2. The highest BCUT2D eigenvalue weighted by molar-refractivity contribution is 7.99. The zero-order chi connectivity index (χ0) is 15.7. The van der Waals surface area contributed by atoms with E-state index in [-0.39, 0.29) is 6.61 Å². The summed E-state index contributed by atoms with van der Waals surface area (Å²) in [6, 6.07) is 5.17. The maximum atomic E-state index is 12.4. The first kappa shape index (κ1) is 15.2. The summed E-state index contributed by atoms with van der Waals surface area (Å²) < 4.78 is 5.53.